The van der Waals surface area contributed by atoms with Crippen molar-refractivity contribution >= 4 is 46.3 Å². The summed E-state index contributed by atoms with van der Waals surface area (Å²) in [6.07, 6.45) is 0. The van der Waals surface area contributed by atoms with Gasteiger partial charge in [0.05, 0.1) is 27.2 Å². The summed E-state index contributed by atoms with van der Waals surface area (Å²) in [6, 6.07) is 13.9. The summed E-state index contributed by atoms with van der Waals surface area (Å²) in [6.45, 7) is 2.81. The van der Waals surface area contributed by atoms with Gasteiger partial charge >= 0.3 is 0 Å². The second kappa shape index (κ2) is 9.51. The highest BCUT2D eigenvalue weighted by molar-refractivity contribution is 7.98. The number of hydrogen-bond acceptors (Lipinski definition) is 8. The van der Waals surface area contributed by atoms with E-state index in [9.17, 15) is 10.2 Å². The lowest BCUT2D eigenvalue weighted by Crippen LogP contribution is -2.15. The van der Waals surface area contributed by atoms with Crippen molar-refractivity contribution < 1.29 is 14.6 Å². The van der Waals surface area contributed by atoms with E-state index >= 15 is 0 Å². The zero-order valence-corrected chi connectivity index (χ0v) is 20.3. The molecule has 4 aromatic rings. The third-order valence-electron chi connectivity index (χ3n) is 4.51. The number of aliphatic hydroxyl groups excluding tert-OH is 1. The van der Waals surface area contributed by atoms with Crippen LogP contribution in [-0.4, -0.2) is 25.4 Å². The Hall–Kier alpha value is -1.94. The maximum absolute atomic E-state index is 10.1. The summed E-state index contributed by atoms with van der Waals surface area (Å²) >= 11 is 16.1. The standard InChI is InChI=1S/C22H19Cl2N3O3S2/c1-22(2,29)21-27-26-19(30-21)20-25-14(10-28)18(32-20)13-8-9-15(17(24)16(13)23)31-11-12-6-4-3-5-7-12/h3-9,28-29H,10-11H2,1-2H3. The topological polar surface area (TPSA) is 92.3 Å². The van der Waals surface area contributed by atoms with Gasteiger partial charge in [0.2, 0.25) is 5.89 Å². The molecule has 4 rings (SSSR count). The van der Waals surface area contributed by atoms with Crippen LogP contribution in [0, 0.1) is 0 Å². The van der Waals surface area contributed by atoms with E-state index in [1.165, 1.54) is 16.9 Å². The Morgan fingerprint density at radius 3 is 2.47 bits per heavy atom. The summed E-state index contributed by atoms with van der Waals surface area (Å²) in [5.41, 5.74) is 1.01. The molecular weight excluding hydrogens is 489 g/mol. The van der Waals surface area contributed by atoms with Crippen LogP contribution in [0.1, 0.15) is 31.0 Å². The highest BCUT2D eigenvalue weighted by Gasteiger charge is 2.26. The first-order chi connectivity index (χ1) is 15.3. The van der Waals surface area contributed by atoms with E-state index in [-0.39, 0.29) is 18.4 Å². The van der Waals surface area contributed by atoms with Gasteiger partial charge in [0, 0.05) is 16.2 Å². The van der Waals surface area contributed by atoms with Crippen LogP contribution in [0.15, 0.2) is 51.8 Å². The number of thioether (sulfide) groups is 1. The van der Waals surface area contributed by atoms with Crippen LogP contribution >= 0.6 is 46.3 Å². The van der Waals surface area contributed by atoms with Gasteiger partial charge in [0.1, 0.15) is 5.60 Å². The second-order valence-electron chi connectivity index (χ2n) is 7.44. The molecule has 0 saturated carbocycles. The van der Waals surface area contributed by atoms with Crippen LogP contribution < -0.4 is 0 Å². The first kappa shape index (κ1) is 23.2. The van der Waals surface area contributed by atoms with Gasteiger partial charge < -0.3 is 14.6 Å². The minimum atomic E-state index is -1.27. The van der Waals surface area contributed by atoms with E-state index < -0.39 is 5.60 Å². The van der Waals surface area contributed by atoms with Crippen molar-refractivity contribution in [3.05, 3.63) is 69.7 Å². The predicted octanol–water partition coefficient (Wildman–Crippen LogP) is 6.18. The molecule has 2 aromatic carbocycles. The van der Waals surface area contributed by atoms with Crippen LogP contribution in [0.25, 0.3) is 21.3 Å². The Kier molecular flexibility index (Phi) is 6.90. The second-order valence-corrected chi connectivity index (χ2v) is 10.2. The number of aliphatic hydroxyl groups is 2. The zero-order valence-electron chi connectivity index (χ0n) is 17.2. The summed E-state index contributed by atoms with van der Waals surface area (Å²) < 4.78 is 5.56. The molecule has 0 aliphatic carbocycles. The van der Waals surface area contributed by atoms with E-state index in [4.69, 9.17) is 27.6 Å². The molecule has 0 saturated heterocycles. The first-order valence-corrected chi connectivity index (χ1v) is 12.2. The van der Waals surface area contributed by atoms with Gasteiger partial charge in [-0.2, -0.15) is 0 Å². The lowest BCUT2D eigenvalue weighted by molar-refractivity contribution is 0.0488. The van der Waals surface area contributed by atoms with Gasteiger partial charge in [-0.05, 0) is 25.5 Å². The number of aromatic nitrogens is 3. The zero-order chi connectivity index (χ0) is 22.9. The van der Waals surface area contributed by atoms with Crippen molar-refractivity contribution in [2.45, 2.75) is 36.7 Å². The molecule has 2 aromatic heterocycles. The molecule has 0 unspecified atom stereocenters. The molecule has 0 spiro atoms. The minimum absolute atomic E-state index is 0.0793. The fourth-order valence-corrected chi connectivity index (χ4v) is 5.51. The van der Waals surface area contributed by atoms with Crippen LogP contribution in [0.5, 0.6) is 0 Å². The smallest absolute Gasteiger partial charge is 0.276 e. The highest BCUT2D eigenvalue weighted by atomic mass is 35.5. The number of benzene rings is 2. The van der Waals surface area contributed by atoms with Crippen molar-refractivity contribution in [1.29, 1.82) is 0 Å². The van der Waals surface area contributed by atoms with E-state index in [1.54, 1.807) is 25.6 Å². The molecule has 0 aliphatic heterocycles. The summed E-state index contributed by atoms with van der Waals surface area (Å²) in [5.74, 6) is 1.00. The van der Waals surface area contributed by atoms with Crippen molar-refractivity contribution in [2.75, 3.05) is 0 Å². The van der Waals surface area contributed by atoms with Gasteiger partial charge in [-0.1, -0.05) is 59.6 Å². The quantitative estimate of drug-likeness (QED) is 0.288. The average Bonchev–Trinajstić information content (AvgIpc) is 3.43. The Morgan fingerprint density at radius 2 is 1.81 bits per heavy atom. The Balaban J connectivity index is 1.64. The van der Waals surface area contributed by atoms with Gasteiger partial charge in [-0.25, -0.2) is 4.98 Å². The number of nitrogens with zero attached hydrogens (tertiary/aromatic N) is 3. The summed E-state index contributed by atoms with van der Waals surface area (Å²) in [7, 11) is 0. The maximum atomic E-state index is 10.1. The fraction of sp³-hybridized carbons (Fsp3) is 0.227. The molecule has 0 fully saturated rings. The lowest BCUT2D eigenvalue weighted by atomic mass is 10.1. The molecular formula is C22H19Cl2N3O3S2. The SMILES string of the molecule is CC(C)(O)c1nnc(-c2nc(CO)c(-c3ccc(SCc4ccccc4)c(Cl)c3Cl)s2)o1. The van der Waals surface area contributed by atoms with E-state index in [2.05, 4.69) is 27.3 Å². The summed E-state index contributed by atoms with van der Waals surface area (Å²) in [4.78, 5) is 5.95. The van der Waals surface area contributed by atoms with Crippen molar-refractivity contribution in [1.82, 2.24) is 15.2 Å². The predicted molar refractivity (Wildman–Crippen MR) is 128 cm³/mol. The average molecular weight is 508 g/mol. The molecule has 0 aliphatic rings. The van der Waals surface area contributed by atoms with Gasteiger partial charge in [-0.15, -0.1) is 33.3 Å². The normalized spacial score (nSPS) is 11.8. The van der Waals surface area contributed by atoms with E-state index in [0.29, 0.717) is 31.2 Å². The summed E-state index contributed by atoms with van der Waals surface area (Å²) in [5, 5.41) is 29.0. The van der Waals surface area contributed by atoms with Crippen LogP contribution in [-0.2, 0) is 18.0 Å². The molecule has 2 N–H and O–H groups in total. The monoisotopic (exact) mass is 507 g/mol. The molecule has 0 atom stereocenters. The number of hydrogen-bond donors (Lipinski definition) is 2. The largest absolute Gasteiger partial charge is 0.415 e. The molecule has 2 heterocycles. The highest BCUT2D eigenvalue weighted by Crippen LogP contribution is 2.44. The van der Waals surface area contributed by atoms with Gasteiger partial charge in [0.25, 0.3) is 5.89 Å². The van der Waals surface area contributed by atoms with Crippen molar-refractivity contribution in [3.63, 3.8) is 0 Å². The number of halogens is 2. The molecule has 0 radical (unpaired) electrons. The first-order valence-electron chi connectivity index (χ1n) is 9.60. The number of rotatable bonds is 7. The maximum Gasteiger partial charge on any atom is 0.276 e. The third-order valence-corrected chi connectivity index (χ3v) is 7.75. The lowest BCUT2D eigenvalue weighted by Gasteiger charge is -2.10. The van der Waals surface area contributed by atoms with Crippen LogP contribution in [0.3, 0.4) is 0 Å². The third kappa shape index (κ3) is 4.85. The Labute approximate surface area is 203 Å². The van der Waals surface area contributed by atoms with Gasteiger partial charge in [0.15, 0.2) is 5.01 Å². The van der Waals surface area contributed by atoms with Gasteiger partial charge in [-0.3, -0.25) is 0 Å². The van der Waals surface area contributed by atoms with Crippen molar-refractivity contribution in [3.8, 4) is 21.3 Å². The molecule has 6 nitrogen and oxygen atoms in total. The molecule has 0 amide bonds. The Morgan fingerprint density at radius 1 is 1.06 bits per heavy atom. The number of thiazole rings is 1. The molecule has 0 bridgehead atoms. The van der Waals surface area contributed by atoms with Crippen LogP contribution in [0.2, 0.25) is 10.0 Å². The Bertz CT molecular complexity index is 1240. The van der Waals surface area contributed by atoms with Crippen LogP contribution in [0.4, 0.5) is 0 Å². The molecule has 32 heavy (non-hydrogen) atoms. The molecule has 166 valence electrons. The fourth-order valence-electron chi connectivity index (χ4n) is 2.87. The van der Waals surface area contributed by atoms with Crippen molar-refractivity contribution in [2.24, 2.45) is 0 Å². The van der Waals surface area contributed by atoms with E-state index in [1.807, 2.05) is 30.3 Å². The minimum Gasteiger partial charge on any atom is -0.415 e. The molecule has 10 heteroatoms. The van der Waals surface area contributed by atoms with E-state index in [0.717, 1.165) is 10.6 Å².